The summed E-state index contributed by atoms with van der Waals surface area (Å²) < 4.78 is 4.97. The van der Waals surface area contributed by atoms with E-state index in [1.165, 1.54) is 11.1 Å². The van der Waals surface area contributed by atoms with Crippen LogP contribution in [0.4, 0.5) is 0 Å². The maximum absolute atomic E-state index is 5.18. The normalized spacial score (nSPS) is 10.1. The predicted molar refractivity (Wildman–Crippen MR) is 80.0 cm³/mol. The highest BCUT2D eigenvalue weighted by molar-refractivity contribution is 7.80. The monoisotopic (exact) mass is 266 g/mol. The minimum Gasteiger partial charge on any atom is -0.385 e. The lowest BCUT2D eigenvalue weighted by molar-refractivity contribution is 0.195. The summed E-state index contributed by atoms with van der Waals surface area (Å²) in [5.41, 5.74) is 2.64. The van der Waals surface area contributed by atoms with Gasteiger partial charge in [0.2, 0.25) is 0 Å². The first kappa shape index (κ1) is 14.9. The Labute approximate surface area is 115 Å². The number of methoxy groups -OCH3 is 1. The van der Waals surface area contributed by atoms with Gasteiger partial charge in [-0.25, -0.2) is 0 Å². The molecule has 4 heteroatoms. The van der Waals surface area contributed by atoms with Crippen LogP contribution in [0, 0.1) is 6.92 Å². The fraction of sp³-hybridized carbons (Fsp3) is 0.500. The minimum absolute atomic E-state index is 0.721. The van der Waals surface area contributed by atoms with Crippen LogP contribution in [-0.2, 0) is 11.2 Å². The van der Waals surface area contributed by atoms with E-state index in [9.17, 15) is 0 Å². The van der Waals surface area contributed by atoms with Crippen molar-refractivity contribution in [2.75, 3.05) is 26.8 Å². The van der Waals surface area contributed by atoms with Gasteiger partial charge in [-0.3, -0.25) is 0 Å². The number of hydrogen-bond acceptors (Lipinski definition) is 2. The van der Waals surface area contributed by atoms with Crippen molar-refractivity contribution >= 4 is 17.3 Å². The number of rotatable bonds is 7. The summed E-state index contributed by atoms with van der Waals surface area (Å²) in [6.07, 6.45) is 1.96. The molecule has 0 aliphatic rings. The van der Waals surface area contributed by atoms with Crippen LogP contribution in [0.25, 0.3) is 0 Å². The summed E-state index contributed by atoms with van der Waals surface area (Å²) in [7, 11) is 1.71. The maximum atomic E-state index is 5.18. The maximum Gasteiger partial charge on any atom is 0.166 e. The van der Waals surface area contributed by atoms with E-state index >= 15 is 0 Å². The molecule has 0 unspecified atom stereocenters. The van der Waals surface area contributed by atoms with Gasteiger partial charge in [0.1, 0.15) is 0 Å². The van der Waals surface area contributed by atoms with Gasteiger partial charge in [-0.05, 0) is 37.5 Å². The quantitative estimate of drug-likeness (QED) is 0.584. The molecule has 2 N–H and O–H groups in total. The average molecular weight is 266 g/mol. The van der Waals surface area contributed by atoms with Crippen molar-refractivity contribution in [2.24, 2.45) is 0 Å². The van der Waals surface area contributed by atoms with Crippen molar-refractivity contribution < 1.29 is 4.74 Å². The third kappa shape index (κ3) is 6.57. The molecule has 18 heavy (non-hydrogen) atoms. The molecular weight excluding hydrogens is 244 g/mol. The molecule has 0 amide bonds. The van der Waals surface area contributed by atoms with Crippen LogP contribution in [0.1, 0.15) is 17.5 Å². The molecule has 0 aliphatic carbocycles. The summed E-state index contributed by atoms with van der Waals surface area (Å²) in [6.45, 7) is 4.58. The highest BCUT2D eigenvalue weighted by atomic mass is 32.1. The van der Waals surface area contributed by atoms with Crippen LogP contribution in [0.3, 0.4) is 0 Å². The van der Waals surface area contributed by atoms with Crippen molar-refractivity contribution in [1.82, 2.24) is 10.6 Å². The Morgan fingerprint density at radius 1 is 1.28 bits per heavy atom. The van der Waals surface area contributed by atoms with Crippen LogP contribution in [0.5, 0.6) is 0 Å². The van der Waals surface area contributed by atoms with E-state index in [1.54, 1.807) is 7.11 Å². The summed E-state index contributed by atoms with van der Waals surface area (Å²) in [5.74, 6) is 0. The SMILES string of the molecule is COCCCNC(=S)NCCc1cccc(C)c1. The minimum atomic E-state index is 0.721. The molecule has 0 spiro atoms. The Bertz CT molecular complexity index is 369. The second-order valence-electron chi connectivity index (χ2n) is 4.27. The van der Waals surface area contributed by atoms with Gasteiger partial charge in [0, 0.05) is 26.8 Å². The van der Waals surface area contributed by atoms with Crippen molar-refractivity contribution in [3.63, 3.8) is 0 Å². The largest absolute Gasteiger partial charge is 0.385 e. The van der Waals surface area contributed by atoms with E-state index in [4.69, 9.17) is 17.0 Å². The van der Waals surface area contributed by atoms with E-state index in [-0.39, 0.29) is 0 Å². The van der Waals surface area contributed by atoms with Gasteiger partial charge in [-0.15, -0.1) is 0 Å². The second kappa shape index (κ2) is 8.89. The van der Waals surface area contributed by atoms with E-state index in [0.717, 1.165) is 37.7 Å². The lowest BCUT2D eigenvalue weighted by atomic mass is 10.1. The molecule has 0 aromatic heterocycles. The zero-order valence-corrected chi connectivity index (χ0v) is 12.0. The molecule has 0 saturated heterocycles. The molecular formula is C14H22N2OS. The van der Waals surface area contributed by atoms with Crippen molar-refractivity contribution in [3.8, 4) is 0 Å². The van der Waals surface area contributed by atoms with Crippen LogP contribution >= 0.6 is 12.2 Å². The zero-order chi connectivity index (χ0) is 13.2. The van der Waals surface area contributed by atoms with E-state index in [0.29, 0.717) is 0 Å². The first-order chi connectivity index (χ1) is 8.72. The van der Waals surface area contributed by atoms with Crippen LogP contribution in [0.15, 0.2) is 24.3 Å². The molecule has 0 aliphatic heterocycles. The average Bonchev–Trinajstić information content (AvgIpc) is 2.35. The van der Waals surface area contributed by atoms with Gasteiger partial charge in [0.05, 0.1) is 0 Å². The first-order valence-electron chi connectivity index (χ1n) is 6.28. The summed E-state index contributed by atoms with van der Waals surface area (Å²) in [5, 5.41) is 7.08. The van der Waals surface area contributed by atoms with Gasteiger partial charge in [0.15, 0.2) is 5.11 Å². The third-order valence-electron chi connectivity index (χ3n) is 2.59. The predicted octanol–water partition coefficient (Wildman–Crippen LogP) is 2.04. The fourth-order valence-electron chi connectivity index (χ4n) is 1.67. The summed E-state index contributed by atoms with van der Waals surface area (Å²) in [4.78, 5) is 0. The Kier molecular flexibility index (Phi) is 7.37. The lowest BCUT2D eigenvalue weighted by Crippen LogP contribution is -2.37. The first-order valence-corrected chi connectivity index (χ1v) is 6.69. The Hall–Kier alpha value is -1.13. The van der Waals surface area contributed by atoms with E-state index in [1.807, 2.05) is 0 Å². The number of thiocarbonyl (C=S) groups is 1. The lowest BCUT2D eigenvalue weighted by Gasteiger charge is -2.10. The molecule has 1 rings (SSSR count). The van der Waals surface area contributed by atoms with Gasteiger partial charge >= 0.3 is 0 Å². The summed E-state index contributed by atoms with van der Waals surface area (Å²) >= 11 is 5.18. The van der Waals surface area contributed by atoms with Crippen molar-refractivity contribution in [1.29, 1.82) is 0 Å². The molecule has 0 heterocycles. The fourth-order valence-corrected chi connectivity index (χ4v) is 1.87. The number of hydrogen-bond donors (Lipinski definition) is 2. The highest BCUT2D eigenvalue weighted by Crippen LogP contribution is 2.03. The van der Waals surface area contributed by atoms with Gasteiger partial charge in [0.25, 0.3) is 0 Å². The van der Waals surface area contributed by atoms with Crippen molar-refractivity contribution in [2.45, 2.75) is 19.8 Å². The third-order valence-corrected chi connectivity index (χ3v) is 2.88. The van der Waals surface area contributed by atoms with Crippen LogP contribution in [-0.4, -0.2) is 31.9 Å². The summed E-state index contributed by atoms with van der Waals surface area (Å²) in [6, 6.07) is 8.55. The number of nitrogens with one attached hydrogen (secondary N) is 2. The Morgan fingerprint density at radius 2 is 2.06 bits per heavy atom. The van der Waals surface area contributed by atoms with Gasteiger partial charge < -0.3 is 15.4 Å². The second-order valence-corrected chi connectivity index (χ2v) is 4.68. The molecule has 0 radical (unpaired) electrons. The van der Waals surface area contributed by atoms with Crippen molar-refractivity contribution in [3.05, 3.63) is 35.4 Å². The molecule has 3 nitrogen and oxygen atoms in total. The molecule has 1 aromatic rings. The molecule has 0 bridgehead atoms. The van der Waals surface area contributed by atoms with Crippen LogP contribution in [0.2, 0.25) is 0 Å². The zero-order valence-electron chi connectivity index (χ0n) is 11.2. The number of aryl methyl sites for hydroxylation is 1. The van der Waals surface area contributed by atoms with Gasteiger partial charge in [-0.2, -0.15) is 0 Å². The number of ether oxygens (including phenoxy) is 1. The molecule has 0 saturated carbocycles. The van der Waals surface area contributed by atoms with Gasteiger partial charge in [-0.1, -0.05) is 29.8 Å². The highest BCUT2D eigenvalue weighted by Gasteiger charge is 1.96. The molecule has 100 valence electrons. The van der Waals surface area contributed by atoms with E-state index in [2.05, 4.69) is 41.8 Å². The Morgan fingerprint density at radius 3 is 2.78 bits per heavy atom. The molecule has 0 fully saturated rings. The smallest absolute Gasteiger partial charge is 0.166 e. The molecule has 0 atom stereocenters. The molecule has 1 aromatic carbocycles. The van der Waals surface area contributed by atoms with E-state index < -0.39 is 0 Å². The number of benzene rings is 1. The topological polar surface area (TPSA) is 33.3 Å². The Balaban J connectivity index is 2.12. The standard InChI is InChI=1S/C14H22N2OS/c1-12-5-3-6-13(11-12)7-9-16-14(18)15-8-4-10-17-2/h3,5-6,11H,4,7-10H2,1-2H3,(H2,15,16,18). The van der Waals surface area contributed by atoms with Crippen LogP contribution < -0.4 is 10.6 Å².